The van der Waals surface area contributed by atoms with Crippen LogP contribution in [-0.4, -0.2) is 161 Å². The van der Waals surface area contributed by atoms with Gasteiger partial charge >= 0.3 is 41.1 Å². The normalized spacial score (nSPS) is 14.1. The van der Waals surface area contributed by atoms with Gasteiger partial charge in [-0.3, -0.25) is 9.59 Å². The molecule has 0 rings (SSSR count). The van der Waals surface area contributed by atoms with E-state index in [-0.39, 0.29) is 25.2 Å². The van der Waals surface area contributed by atoms with Gasteiger partial charge in [-0.05, 0) is 12.8 Å². The van der Waals surface area contributed by atoms with Crippen molar-refractivity contribution in [2.75, 3.05) is 91.9 Å². The molecule has 0 radical (unpaired) electrons. The van der Waals surface area contributed by atoms with Crippen LogP contribution in [0.15, 0.2) is 0 Å². The average Bonchev–Trinajstić information content (AvgIpc) is 3.28. The highest BCUT2D eigenvalue weighted by Crippen LogP contribution is 2.34. The number of halogens is 2. The molecule has 370 valence electrons. The first-order valence-electron chi connectivity index (χ1n) is 22.0. The molecule has 0 aliphatic carbocycles. The minimum atomic E-state index is -3.68. The third kappa shape index (κ3) is 20.8. The maximum absolute atomic E-state index is 15.4. The zero-order valence-corrected chi connectivity index (χ0v) is 47.2. The lowest BCUT2D eigenvalue weighted by molar-refractivity contribution is -0.154. The van der Waals surface area contributed by atoms with E-state index in [1.165, 1.54) is 6.92 Å². The molecule has 0 saturated heterocycles. The summed E-state index contributed by atoms with van der Waals surface area (Å²) in [5.74, 6) is -6.69. The van der Waals surface area contributed by atoms with E-state index in [1.54, 1.807) is 85.3 Å². The summed E-state index contributed by atoms with van der Waals surface area (Å²) in [4.78, 5) is 25.9. The predicted molar refractivity (Wildman–Crippen MR) is 252 cm³/mol. The van der Waals surface area contributed by atoms with Crippen molar-refractivity contribution in [1.29, 1.82) is 0 Å². The van der Waals surface area contributed by atoms with Gasteiger partial charge in [0.15, 0.2) is 0 Å². The van der Waals surface area contributed by atoms with Gasteiger partial charge in [0, 0.05) is 135 Å². The molecule has 62 heavy (non-hydrogen) atoms. The quantitative estimate of drug-likeness (QED) is 0.0463. The number of hydrogen-bond donors (Lipinski definition) is 1. The maximum Gasteiger partial charge on any atom is 0.500 e. The molecule has 23 heteroatoms. The Labute approximate surface area is 380 Å². The minimum absolute atomic E-state index is 0.122. The molecule has 0 spiro atoms. The van der Waals surface area contributed by atoms with Crippen molar-refractivity contribution >= 4 is 63.1 Å². The number of rotatable bonds is 41. The van der Waals surface area contributed by atoms with E-state index in [4.69, 9.17) is 53.1 Å². The lowest BCUT2D eigenvalue weighted by Gasteiger charge is -2.31. The number of amides is 1. The highest BCUT2D eigenvalue weighted by Gasteiger charge is 2.46. The fourth-order valence-corrected chi connectivity index (χ4v) is 24.5. The summed E-state index contributed by atoms with van der Waals surface area (Å²) in [7, 11) is 4.58. The SMILES string of the molecule is CO[Si](CCC[Si](C)(CCCCC(=O)CC(C)C(F)(F)C(=O)NCCC[Si](C)(CCC[Si](OC)(OC)OC)CCC[Si](OC)(OC)OC)CCC[Si](OC)(OC)OC)(OC)OC. The van der Waals surface area contributed by atoms with Crippen LogP contribution in [0.5, 0.6) is 0 Å². The molecular weight excluding hydrogens is 913 g/mol. The number of alkyl halides is 2. The van der Waals surface area contributed by atoms with Gasteiger partial charge in [0.25, 0.3) is 5.91 Å². The van der Waals surface area contributed by atoms with Crippen LogP contribution in [0.25, 0.3) is 0 Å². The Kier molecular flexibility index (Phi) is 30.9. The van der Waals surface area contributed by atoms with Gasteiger partial charge in [-0.1, -0.05) is 88.4 Å². The fraction of sp³-hybridized carbons (Fsp3) is 0.949. The first-order valence-corrected chi connectivity index (χ1v) is 36.0. The van der Waals surface area contributed by atoms with Crippen molar-refractivity contribution < 1.29 is 71.5 Å². The number of carbonyl (C=O) groups is 2. The summed E-state index contributed by atoms with van der Waals surface area (Å²) < 4.78 is 98.5. The molecule has 1 amide bonds. The summed E-state index contributed by atoms with van der Waals surface area (Å²) in [5, 5.41) is 2.49. The lowest BCUT2D eigenvalue weighted by atomic mass is 9.94. The Balaban J connectivity index is 5.38. The second-order valence-corrected chi connectivity index (χ2v) is 39.7. The van der Waals surface area contributed by atoms with E-state index in [9.17, 15) is 9.59 Å². The van der Waals surface area contributed by atoms with Crippen molar-refractivity contribution in [2.45, 2.75) is 144 Å². The van der Waals surface area contributed by atoms with E-state index < -0.39 is 69.1 Å². The summed E-state index contributed by atoms with van der Waals surface area (Å²) >= 11 is 0. The largest absolute Gasteiger partial charge is 0.500 e. The zero-order valence-electron chi connectivity index (χ0n) is 41.2. The highest BCUT2D eigenvalue weighted by molar-refractivity contribution is 6.79. The first kappa shape index (κ1) is 61.8. The van der Waals surface area contributed by atoms with Crippen LogP contribution in [0.3, 0.4) is 0 Å². The molecule has 0 heterocycles. The summed E-state index contributed by atoms with van der Waals surface area (Å²) in [6.45, 7) is 6.09. The molecule has 1 unspecified atom stereocenters. The number of carbonyl (C=O) groups excluding carboxylic acids is 2. The fourth-order valence-electron chi connectivity index (χ4n) is 8.41. The van der Waals surface area contributed by atoms with E-state index in [2.05, 4.69) is 18.4 Å². The van der Waals surface area contributed by atoms with Gasteiger partial charge in [-0.15, -0.1) is 0 Å². The maximum atomic E-state index is 15.4. The molecule has 0 fully saturated rings. The summed E-state index contributed by atoms with van der Waals surface area (Å²) in [6.07, 6.45) is 5.27. The Morgan fingerprint density at radius 3 is 1.02 bits per heavy atom. The van der Waals surface area contributed by atoms with Crippen molar-refractivity contribution in [3.63, 3.8) is 0 Å². The van der Waals surface area contributed by atoms with Crippen LogP contribution in [0.1, 0.15) is 64.7 Å². The number of hydrogen-bond acceptors (Lipinski definition) is 14. The van der Waals surface area contributed by atoms with Gasteiger partial charge in [-0.25, -0.2) is 0 Å². The molecule has 0 bridgehead atoms. The Hall–Kier alpha value is -0.179. The zero-order chi connectivity index (χ0) is 47.6. The molecule has 0 aromatic carbocycles. The van der Waals surface area contributed by atoms with E-state index in [1.807, 2.05) is 0 Å². The summed E-state index contributed by atoms with van der Waals surface area (Å²) in [6, 6.07) is 8.46. The monoisotopic (exact) mass is 999 g/mol. The van der Waals surface area contributed by atoms with E-state index in [0.717, 1.165) is 68.4 Å². The standard InChI is InChI=1S/C39H87F2NO14Si6/c1-36(35-37(43)23-16-17-25-57(14,27-19-31-59(45-2,46-3)47-4)28-20-32-60(48-5,49-6)50-7)39(40,41)38(44)42-24-18-26-58(15,29-21-33-61(51-8,52-9)53-10)30-22-34-62(54-11,55-12)56-13/h36H,16-35H2,1-15H3,(H,42,44). The first-order chi connectivity index (χ1) is 29.2. The topological polar surface area (TPSA) is 157 Å². The molecule has 0 aromatic heterocycles. The Morgan fingerprint density at radius 2 is 0.726 bits per heavy atom. The Bertz CT molecular complexity index is 1140. The van der Waals surface area contributed by atoms with Crippen LogP contribution < -0.4 is 5.32 Å². The molecule has 1 atom stereocenters. The van der Waals surface area contributed by atoms with Crippen molar-refractivity contribution in [2.24, 2.45) is 5.92 Å². The van der Waals surface area contributed by atoms with Gasteiger partial charge in [-0.2, -0.15) is 8.78 Å². The average molecular weight is 1000 g/mol. The number of ketones is 1. The van der Waals surface area contributed by atoms with Crippen molar-refractivity contribution in [1.82, 2.24) is 5.32 Å². The molecule has 1 N–H and O–H groups in total. The van der Waals surface area contributed by atoms with Gasteiger partial charge < -0.3 is 58.4 Å². The van der Waals surface area contributed by atoms with Crippen LogP contribution in [0.4, 0.5) is 8.78 Å². The van der Waals surface area contributed by atoms with E-state index in [0.29, 0.717) is 37.0 Å². The smallest absolute Gasteiger partial charge is 0.377 e. The third-order valence-electron chi connectivity index (χ3n) is 13.0. The molecule has 0 saturated carbocycles. The molecule has 0 aliphatic rings. The second kappa shape index (κ2) is 31.0. The number of Topliss-reactive ketones (excluding diaryl/α,β-unsaturated/α-hetero) is 1. The van der Waals surface area contributed by atoms with Crippen molar-refractivity contribution in [3.05, 3.63) is 0 Å². The minimum Gasteiger partial charge on any atom is -0.377 e. The van der Waals surface area contributed by atoms with E-state index >= 15 is 8.78 Å². The second-order valence-electron chi connectivity index (χ2n) is 17.1. The molecule has 0 aromatic rings. The molecule has 15 nitrogen and oxygen atoms in total. The van der Waals surface area contributed by atoms with Gasteiger partial charge in [0.2, 0.25) is 0 Å². The third-order valence-corrected chi connectivity index (χ3v) is 33.7. The highest BCUT2D eigenvalue weighted by atomic mass is 28.4. The Morgan fingerprint density at radius 1 is 0.452 bits per heavy atom. The number of unbranched alkanes of at least 4 members (excludes halogenated alkanes) is 1. The van der Waals surface area contributed by atoms with Gasteiger partial charge in [0.1, 0.15) is 5.78 Å². The van der Waals surface area contributed by atoms with Crippen LogP contribution in [0, 0.1) is 5.92 Å². The van der Waals surface area contributed by atoms with Crippen LogP contribution in [0.2, 0.25) is 73.5 Å². The summed E-state index contributed by atoms with van der Waals surface area (Å²) in [5.41, 5.74) is 0. The van der Waals surface area contributed by atoms with Crippen LogP contribution >= 0.6 is 0 Å². The molecular formula is C39H87F2NO14Si6. The van der Waals surface area contributed by atoms with Crippen molar-refractivity contribution in [3.8, 4) is 0 Å². The van der Waals surface area contributed by atoms with Crippen LogP contribution in [-0.2, 0) is 62.7 Å². The van der Waals surface area contributed by atoms with Gasteiger partial charge in [0.05, 0.1) is 16.1 Å². The number of nitrogens with one attached hydrogen (secondary N) is 1. The molecule has 0 aliphatic heterocycles. The lowest BCUT2D eigenvalue weighted by Crippen LogP contribution is -2.46. The predicted octanol–water partition coefficient (Wildman–Crippen LogP) is 8.12.